The van der Waals surface area contributed by atoms with Crippen LogP contribution in [-0.4, -0.2) is 37.5 Å². The Hall–Kier alpha value is -13.1. The number of methoxy groups -OCH3 is 1. The molecule has 0 unspecified atom stereocenters. The number of nitrogens with one attached hydrogen (secondary N) is 1. The number of nitrogens with zero attached hydrogens (tertiary/aromatic N) is 7. The lowest BCUT2D eigenvalue weighted by atomic mass is 9.99. The van der Waals surface area contributed by atoms with Gasteiger partial charge in [-0.05, 0) is 261 Å². The number of hydrogen-bond acceptors (Lipinski definition) is 7. The molecular weight excluding hydrogens is 1540 g/mol. The maximum Gasteiger partial charge on any atom is 0.137 e. The fraction of sp³-hybridized carbons (Fsp3) is 0.130. The first-order valence-corrected chi connectivity index (χ1v) is 43.9. The van der Waals surface area contributed by atoms with Crippen LogP contribution < -0.4 is 30.1 Å². The molecular formula is C108H96BrN8OP. The second kappa shape index (κ2) is 37.9. The molecule has 0 saturated heterocycles. The molecule has 2 fully saturated rings. The highest BCUT2D eigenvalue weighted by molar-refractivity contribution is 9.10. The van der Waals surface area contributed by atoms with Gasteiger partial charge in [0.25, 0.3) is 0 Å². The van der Waals surface area contributed by atoms with Crippen molar-refractivity contribution in [1.29, 1.82) is 0 Å². The molecule has 2 saturated carbocycles. The lowest BCUT2D eigenvalue weighted by Gasteiger charge is -2.39. The predicted octanol–water partition coefficient (Wildman–Crippen LogP) is 30.4. The third-order valence-corrected chi connectivity index (χ3v) is 26.8. The van der Waals surface area contributed by atoms with Gasteiger partial charge in [-0.15, -0.1) is 0 Å². The lowest BCUT2D eigenvalue weighted by molar-refractivity contribution is 0.416. The van der Waals surface area contributed by atoms with E-state index in [9.17, 15) is 0 Å². The van der Waals surface area contributed by atoms with E-state index in [1.165, 1.54) is 113 Å². The molecule has 0 spiro atoms. The fourth-order valence-electron chi connectivity index (χ4n) is 17.3. The van der Waals surface area contributed by atoms with Crippen molar-refractivity contribution in [1.82, 2.24) is 19.1 Å². The summed E-state index contributed by atoms with van der Waals surface area (Å²) in [5.74, 6) is 2.88. The van der Waals surface area contributed by atoms with Gasteiger partial charge in [-0.3, -0.25) is 9.13 Å². The molecule has 586 valence electrons. The maximum atomic E-state index is 5.81. The summed E-state index contributed by atoms with van der Waals surface area (Å²) in [7, 11) is 1.69. The van der Waals surface area contributed by atoms with E-state index in [0.29, 0.717) is 0 Å². The second-order valence-electron chi connectivity index (χ2n) is 30.3. The Kier molecular flexibility index (Phi) is 25.0. The summed E-state index contributed by atoms with van der Waals surface area (Å²) in [6.07, 6.45) is 18.1. The largest absolute Gasteiger partial charge is 0.496 e. The average molecular weight is 1630 g/mol. The van der Waals surface area contributed by atoms with Gasteiger partial charge in [0, 0.05) is 107 Å². The molecule has 4 aromatic heterocycles. The van der Waals surface area contributed by atoms with Gasteiger partial charge in [0.15, 0.2) is 0 Å². The number of aromatic nitrogens is 4. The van der Waals surface area contributed by atoms with Gasteiger partial charge in [0.2, 0.25) is 0 Å². The molecule has 1 N–H and O–H groups in total. The molecule has 18 aromatic rings. The highest BCUT2D eigenvalue weighted by Crippen LogP contribution is 2.57. The smallest absolute Gasteiger partial charge is 0.137 e. The number of halogens is 1. The molecule has 9 nitrogen and oxygen atoms in total. The molecule has 2 aliphatic carbocycles. The minimum absolute atomic E-state index is 0.122. The van der Waals surface area contributed by atoms with Crippen LogP contribution in [-0.2, 0) is 0 Å². The molecule has 4 heterocycles. The zero-order valence-corrected chi connectivity index (χ0v) is 69.8. The van der Waals surface area contributed by atoms with E-state index in [1.807, 2.05) is 80.2 Å². The van der Waals surface area contributed by atoms with Gasteiger partial charge in [0.1, 0.15) is 17.4 Å². The van der Waals surface area contributed by atoms with Gasteiger partial charge in [0.05, 0.1) is 29.2 Å². The van der Waals surface area contributed by atoms with E-state index in [-0.39, 0.29) is 7.92 Å². The third-order valence-electron chi connectivity index (χ3n) is 22.8. The third kappa shape index (κ3) is 17.8. The topological polar surface area (TPSA) is 66.6 Å². The van der Waals surface area contributed by atoms with E-state index in [4.69, 9.17) is 4.74 Å². The molecule has 2 aliphatic rings. The molecule has 14 aromatic carbocycles. The summed E-state index contributed by atoms with van der Waals surface area (Å²) < 4.78 is 11.4. The van der Waals surface area contributed by atoms with Crippen LogP contribution in [0.3, 0.4) is 0 Å². The maximum absolute atomic E-state index is 5.81. The highest BCUT2D eigenvalue weighted by Gasteiger charge is 2.34. The minimum Gasteiger partial charge on any atom is -0.496 e. The van der Waals surface area contributed by atoms with Crippen LogP contribution in [0.1, 0.15) is 69.8 Å². The van der Waals surface area contributed by atoms with Gasteiger partial charge in [-0.2, -0.15) is 0 Å². The van der Waals surface area contributed by atoms with Crippen LogP contribution in [0, 0.1) is 6.92 Å². The molecule has 0 bridgehead atoms. The van der Waals surface area contributed by atoms with Crippen LogP contribution in [0.25, 0.3) is 66.4 Å². The Morgan fingerprint density at radius 2 is 0.689 bits per heavy atom. The molecule has 0 amide bonds. The number of benzene rings is 14. The van der Waals surface area contributed by atoms with Crippen molar-refractivity contribution in [2.75, 3.05) is 27.1 Å². The van der Waals surface area contributed by atoms with Crippen molar-refractivity contribution in [2.24, 2.45) is 0 Å². The number of hydrogen-bond donors (Lipinski definition) is 1. The predicted molar refractivity (Wildman–Crippen MR) is 509 cm³/mol. The molecule has 0 aliphatic heterocycles. The number of fused-ring (bicyclic) bond motifs is 6. The van der Waals surface area contributed by atoms with E-state index in [0.717, 1.165) is 107 Å². The van der Waals surface area contributed by atoms with Crippen molar-refractivity contribution >= 4 is 135 Å². The standard InChI is InChI=1S/C41H30N4.C26H35OP.C24H20N2.C17H11BrN2/c1-4-14-31(15-5-1)43(32-16-6-2-7-17-32)34-23-25-35(26-24-34)44(33-18-8-3-9-19-33)36-27-28-40-38(30-36)37-20-10-11-21-39(37)45(40)41-22-12-13-29-42-41;1-20-12-11-18-24(27-2)26(20)23-17-9-10-19-25(23)28(21-13-5-3-6-14-21)22-15-7-4-8-16-22;1-4-10-20(11-5-1)25-21-16-18-24(19-17-21)26(22-12-6-2-7-13-22)23-14-8-3-9-15-23;18-12-8-9-16-14(11-12)13-5-1-2-6-15(13)20(16)17-7-3-4-10-19-17/h1-30H;9-12,17-19,21-22H,3-8,13-16H2,1-2H3;1-19,25H;1-11H. The molecule has 11 heteroatoms. The normalized spacial score (nSPS) is 12.8. The Balaban J connectivity index is 0.000000119. The van der Waals surface area contributed by atoms with Crippen LogP contribution in [0.15, 0.2) is 411 Å². The number of para-hydroxylation sites is 8. The number of aryl methyl sites for hydroxylation is 1. The van der Waals surface area contributed by atoms with Gasteiger partial charge in [-0.25, -0.2) is 9.97 Å². The lowest BCUT2D eigenvalue weighted by Crippen LogP contribution is -2.27. The second-order valence-corrected chi connectivity index (χ2v) is 34.0. The first-order valence-electron chi connectivity index (χ1n) is 41.6. The van der Waals surface area contributed by atoms with Crippen molar-refractivity contribution < 1.29 is 4.74 Å². The van der Waals surface area contributed by atoms with E-state index >= 15 is 0 Å². The first-order chi connectivity index (χ1) is 58.9. The van der Waals surface area contributed by atoms with Crippen molar-refractivity contribution in [3.63, 3.8) is 0 Å². The van der Waals surface area contributed by atoms with E-state index in [1.54, 1.807) is 5.30 Å². The van der Waals surface area contributed by atoms with E-state index in [2.05, 4.69) is 396 Å². The van der Waals surface area contributed by atoms with E-state index < -0.39 is 0 Å². The summed E-state index contributed by atoms with van der Waals surface area (Å²) in [5.41, 5.74) is 22.7. The summed E-state index contributed by atoms with van der Waals surface area (Å²) in [5, 5.41) is 9.95. The number of anilines is 11. The first kappa shape index (κ1) is 78.4. The molecule has 119 heavy (non-hydrogen) atoms. The molecule has 0 atom stereocenters. The average Bonchev–Trinajstić information content (AvgIpc) is 1.63. The Morgan fingerprint density at radius 3 is 1.14 bits per heavy atom. The number of rotatable bonds is 18. The Labute approximate surface area is 709 Å². The summed E-state index contributed by atoms with van der Waals surface area (Å²) in [6.45, 7) is 2.23. The van der Waals surface area contributed by atoms with Crippen molar-refractivity contribution in [3.8, 4) is 28.5 Å². The van der Waals surface area contributed by atoms with Crippen molar-refractivity contribution in [2.45, 2.75) is 82.4 Å². The fourth-order valence-corrected chi connectivity index (χ4v) is 21.7. The van der Waals surface area contributed by atoms with Crippen LogP contribution >= 0.6 is 23.9 Å². The Bertz CT molecular complexity index is 6200. The van der Waals surface area contributed by atoms with Crippen LogP contribution in [0.2, 0.25) is 0 Å². The monoisotopic (exact) mass is 1630 g/mol. The van der Waals surface area contributed by atoms with Crippen molar-refractivity contribution in [3.05, 3.63) is 417 Å². The zero-order valence-electron chi connectivity index (χ0n) is 67.3. The van der Waals surface area contributed by atoms with Gasteiger partial charge >= 0.3 is 0 Å². The highest BCUT2D eigenvalue weighted by atomic mass is 79.9. The SMILES string of the molecule is Brc1ccc2c(c1)c1ccccc1n2-c1ccccn1.COc1cccc(C)c1-c1ccccc1P(C1CCCCC1)C1CCCCC1.c1ccc(N(c2ccccc2)c2ccc(N(c3ccccc3)c3ccc4c(c3)c3ccccc3n4-c3ccccn3)cc2)cc1.c1ccc(Nc2ccc(N(c3ccccc3)c3ccccc3)cc2)cc1. The van der Waals surface area contributed by atoms with Crippen LogP contribution in [0.4, 0.5) is 62.6 Å². The Morgan fingerprint density at radius 1 is 0.328 bits per heavy atom. The quantitative estimate of drug-likeness (QED) is 0.0859. The number of pyridine rings is 2. The summed E-state index contributed by atoms with van der Waals surface area (Å²) >= 11 is 3.56. The zero-order chi connectivity index (χ0) is 80.5. The summed E-state index contributed by atoms with van der Waals surface area (Å²) in [4.78, 5) is 16.1. The van der Waals surface area contributed by atoms with Gasteiger partial charge < -0.3 is 24.8 Å². The molecule has 0 radical (unpaired) electrons. The summed E-state index contributed by atoms with van der Waals surface area (Å²) in [6, 6.07) is 138. The van der Waals surface area contributed by atoms with Crippen LogP contribution in [0.5, 0.6) is 5.75 Å². The number of ether oxygens (including phenoxy) is 1. The minimum atomic E-state index is -0.122. The molecule has 20 rings (SSSR count). The van der Waals surface area contributed by atoms with Gasteiger partial charge in [-0.1, -0.05) is 257 Å².